The number of alkyl carbamates (subject to hydrolysis) is 1. The van der Waals surface area contributed by atoms with Crippen molar-refractivity contribution >= 4 is 18.0 Å². The van der Waals surface area contributed by atoms with Crippen LogP contribution in [0.25, 0.3) is 0 Å². The molecule has 2 saturated carbocycles. The van der Waals surface area contributed by atoms with Gasteiger partial charge in [0.15, 0.2) is 0 Å². The molecule has 0 spiro atoms. The Morgan fingerprint density at radius 1 is 0.862 bits per heavy atom. The molecule has 0 aliphatic heterocycles. The second-order valence-electron chi connectivity index (χ2n) is 9.72. The molecule has 3 N–H and O–H groups in total. The minimum atomic E-state index is -1.01. The molecule has 7 nitrogen and oxygen atoms in total. The first kappa shape index (κ1) is 23.5. The van der Waals surface area contributed by atoms with Gasteiger partial charge in [-0.25, -0.2) is 9.59 Å². The van der Waals surface area contributed by atoms with Crippen LogP contribution in [0.2, 0.25) is 0 Å². The zero-order chi connectivity index (χ0) is 21.4. The summed E-state index contributed by atoms with van der Waals surface area (Å²) in [6.07, 6.45) is 10.1. The topological polar surface area (TPSA) is 105 Å². The highest BCUT2D eigenvalue weighted by Crippen LogP contribution is 2.29. The number of hydrogen-bond acceptors (Lipinski definition) is 4. The molecule has 2 fully saturated rings. The third-order valence-corrected chi connectivity index (χ3v) is 5.96. The molecule has 2 aliphatic carbocycles. The lowest BCUT2D eigenvalue weighted by molar-refractivity contribution is -0.142. The van der Waals surface area contributed by atoms with Gasteiger partial charge in [0.1, 0.15) is 17.7 Å². The number of aliphatic carboxylic acids is 1. The predicted molar refractivity (Wildman–Crippen MR) is 110 cm³/mol. The number of carboxylic acid groups (broad SMARTS) is 1. The van der Waals surface area contributed by atoms with Crippen LogP contribution in [-0.2, 0) is 14.3 Å². The van der Waals surface area contributed by atoms with Crippen molar-refractivity contribution in [3.05, 3.63) is 0 Å². The zero-order valence-corrected chi connectivity index (χ0v) is 18.2. The van der Waals surface area contributed by atoms with Gasteiger partial charge in [-0.2, -0.15) is 0 Å². The van der Waals surface area contributed by atoms with Gasteiger partial charge in [-0.15, -0.1) is 0 Å². The minimum Gasteiger partial charge on any atom is -0.480 e. The molecule has 2 aliphatic rings. The molecule has 7 heteroatoms. The van der Waals surface area contributed by atoms with Gasteiger partial charge in [-0.3, -0.25) is 4.79 Å². The smallest absolute Gasteiger partial charge is 0.408 e. The number of carboxylic acids is 1. The van der Waals surface area contributed by atoms with Crippen LogP contribution in [0.1, 0.15) is 91.4 Å². The van der Waals surface area contributed by atoms with E-state index in [4.69, 9.17) is 4.74 Å². The number of amides is 2. The maximum atomic E-state index is 13.0. The molecule has 0 aromatic heterocycles. The average Bonchev–Trinajstić information content (AvgIpc) is 3.13. The van der Waals surface area contributed by atoms with Gasteiger partial charge in [0.25, 0.3) is 0 Å². The van der Waals surface area contributed by atoms with Crippen molar-refractivity contribution < 1.29 is 24.2 Å². The fourth-order valence-corrected chi connectivity index (χ4v) is 4.51. The monoisotopic (exact) mass is 410 g/mol. The van der Waals surface area contributed by atoms with E-state index in [1.165, 1.54) is 6.42 Å². The predicted octanol–water partition coefficient (Wildman–Crippen LogP) is 4.00. The molecule has 0 aromatic rings. The lowest BCUT2D eigenvalue weighted by Gasteiger charge is -2.29. The van der Waals surface area contributed by atoms with E-state index < -0.39 is 35.7 Å². The fourth-order valence-electron chi connectivity index (χ4n) is 4.51. The maximum Gasteiger partial charge on any atom is 0.408 e. The number of hydrogen-bond donors (Lipinski definition) is 3. The molecule has 2 rings (SSSR count). The lowest BCUT2D eigenvalue weighted by Crippen LogP contribution is -2.53. The van der Waals surface area contributed by atoms with E-state index in [0.717, 1.165) is 51.4 Å². The Labute approximate surface area is 174 Å². The van der Waals surface area contributed by atoms with Crippen molar-refractivity contribution in [1.82, 2.24) is 10.6 Å². The summed E-state index contributed by atoms with van der Waals surface area (Å²) in [7, 11) is 0. The number of ether oxygens (including phenoxy) is 1. The van der Waals surface area contributed by atoms with Crippen molar-refractivity contribution in [2.24, 2.45) is 11.8 Å². The van der Waals surface area contributed by atoms with E-state index in [9.17, 15) is 19.5 Å². The molecular formula is C22H38N2O5. The van der Waals surface area contributed by atoms with Crippen molar-refractivity contribution in [3.8, 4) is 0 Å². The molecule has 0 heterocycles. The van der Waals surface area contributed by atoms with Crippen molar-refractivity contribution in [2.45, 2.75) is 109 Å². The summed E-state index contributed by atoms with van der Waals surface area (Å²) in [6, 6.07) is -1.70. The van der Waals surface area contributed by atoms with E-state index in [1.807, 2.05) is 0 Å². The molecule has 2 atom stereocenters. The Hall–Kier alpha value is -1.79. The largest absolute Gasteiger partial charge is 0.480 e. The van der Waals surface area contributed by atoms with Crippen LogP contribution >= 0.6 is 0 Å². The summed E-state index contributed by atoms with van der Waals surface area (Å²) < 4.78 is 5.32. The van der Waals surface area contributed by atoms with Crippen LogP contribution in [0.5, 0.6) is 0 Å². The Balaban J connectivity index is 2.02. The fraction of sp³-hybridized carbons (Fsp3) is 0.864. The molecule has 2 amide bonds. The Kier molecular flexibility index (Phi) is 8.78. The van der Waals surface area contributed by atoms with E-state index >= 15 is 0 Å². The first-order chi connectivity index (χ1) is 13.6. The van der Waals surface area contributed by atoms with Crippen LogP contribution in [0.4, 0.5) is 4.79 Å². The van der Waals surface area contributed by atoms with Crippen LogP contribution in [0.15, 0.2) is 0 Å². The molecule has 0 unspecified atom stereocenters. The number of rotatable bonds is 8. The third-order valence-electron chi connectivity index (χ3n) is 5.96. The Bertz CT molecular complexity index is 560. The van der Waals surface area contributed by atoms with Gasteiger partial charge in [0.2, 0.25) is 5.91 Å². The van der Waals surface area contributed by atoms with Gasteiger partial charge in [-0.1, -0.05) is 57.8 Å². The summed E-state index contributed by atoms with van der Waals surface area (Å²) in [5, 5.41) is 15.0. The quantitative estimate of drug-likeness (QED) is 0.561. The Morgan fingerprint density at radius 3 is 1.83 bits per heavy atom. The third kappa shape index (κ3) is 8.62. The van der Waals surface area contributed by atoms with Gasteiger partial charge >= 0.3 is 12.1 Å². The zero-order valence-electron chi connectivity index (χ0n) is 18.2. The average molecular weight is 411 g/mol. The number of nitrogens with one attached hydrogen (secondary N) is 2. The summed E-state index contributed by atoms with van der Waals surface area (Å²) in [6.45, 7) is 5.31. The number of carbonyl (C=O) groups is 3. The standard InChI is InChI=1S/C22H38N2O5/c1-22(2,3)29-21(28)24-17(13-15-9-5-4-6-10-15)19(25)23-18(20(26)27)14-16-11-7-8-12-16/h15-18H,4-14H2,1-3H3,(H,23,25)(H,24,28)(H,26,27)/t17-,18+/m1/s1. The first-order valence-corrected chi connectivity index (χ1v) is 11.2. The van der Waals surface area contributed by atoms with Crippen LogP contribution in [0.3, 0.4) is 0 Å². The SMILES string of the molecule is CC(C)(C)OC(=O)N[C@H](CC1CCCCC1)C(=O)N[C@@H](CC1CCCC1)C(=O)O. The maximum absolute atomic E-state index is 13.0. The van der Waals surface area contributed by atoms with E-state index in [-0.39, 0.29) is 0 Å². The van der Waals surface area contributed by atoms with Gasteiger partial charge in [0.05, 0.1) is 0 Å². The molecule has 166 valence electrons. The van der Waals surface area contributed by atoms with Crippen molar-refractivity contribution in [3.63, 3.8) is 0 Å². The minimum absolute atomic E-state index is 0.340. The summed E-state index contributed by atoms with van der Waals surface area (Å²) in [5.74, 6) is -0.745. The van der Waals surface area contributed by atoms with Crippen molar-refractivity contribution in [2.75, 3.05) is 0 Å². The van der Waals surface area contributed by atoms with Gasteiger partial charge in [0, 0.05) is 0 Å². The molecule has 29 heavy (non-hydrogen) atoms. The summed E-state index contributed by atoms with van der Waals surface area (Å²) >= 11 is 0. The van der Waals surface area contributed by atoms with E-state index in [1.54, 1.807) is 20.8 Å². The number of carbonyl (C=O) groups excluding carboxylic acids is 2. The molecule has 0 saturated heterocycles. The molecule has 0 aromatic carbocycles. The normalized spacial score (nSPS) is 20.7. The Morgan fingerprint density at radius 2 is 1.34 bits per heavy atom. The second kappa shape index (κ2) is 10.8. The van der Waals surface area contributed by atoms with Gasteiger partial charge in [-0.05, 0) is 45.4 Å². The van der Waals surface area contributed by atoms with E-state index in [2.05, 4.69) is 10.6 Å². The first-order valence-electron chi connectivity index (χ1n) is 11.2. The highest BCUT2D eigenvalue weighted by atomic mass is 16.6. The van der Waals surface area contributed by atoms with Crippen LogP contribution in [0, 0.1) is 11.8 Å². The second-order valence-corrected chi connectivity index (χ2v) is 9.72. The van der Waals surface area contributed by atoms with E-state index in [0.29, 0.717) is 24.7 Å². The van der Waals surface area contributed by atoms with Gasteiger partial charge < -0.3 is 20.5 Å². The lowest BCUT2D eigenvalue weighted by atomic mass is 9.84. The van der Waals surface area contributed by atoms with Crippen LogP contribution < -0.4 is 10.6 Å². The highest BCUT2D eigenvalue weighted by Gasteiger charge is 2.32. The van der Waals surface area contributed by atoms with Crippen molar-refractivity contribution in [1.29, 1.82) is 0 Å². The molecule has 0 bridgehead atoms. The summed E-state index contributed by atoms with van der Waals surface area (Å²) in [4.78, 5) is 37.0. The summed E-state index contributed by atoms with van der Waals surface area (Å²) in [5.41, 5.74) is -0.665. The van der Waals surface area contributed by atoms with Crippen LogP contribution in [-0.4, -0.2) is 40.8 Å². The highest BCUT2D eigenvalue weighted by molar-refractivity contribution is 5.89. The molecule has 0 radical (unpaired) electrons. The molecular weight excluding hydrogens is 372 g/mol.